The Labute approximate surface area is 150 Å². The van der Waals surface area contributed by atoms with Crippen molar-refractivity contribution in [2.45, 2.75) is 53.1 Å². The van der Waals surface area contributed by atoms with Gasteiger partial charge in [-0.3, -0.25) is 9.89 Å². The van der Waals surface area contributed by atoms with Gasteiger partial charge in [-0.25, -0.2) is 0 Å². The van der Waals surface area contributed by atoms with Gasteiger partial charge in [0.25, 0.3) is 0 Å². The Morgan fingerprint density at radius 3 is 2.25 bits per heavy atom. The van der Waals surface area contributed by atoms with E-state index >= 15 is 0 Å². The number of methoxy groups -OCH3 is 1. The van der Waals surface area contributed by atoms with Gasteiger partial charge >= 0.3 is 0 Å². The molecule has 0 aromatic carbocycles. The Morgan fingerprint density at radius 1 is 1.04 bits per heavy atom. The van der Waals surface area contributed by atoms with Crippen LogP contribution < -0.4 is 10.6 Å². The van der Waals surface area contributed by atoms with E-state index < -0.39 is 0 Å². The van der Waals surface area contributed by atoms with E-state index in [1.165, 1.54) is 0 Å². The van der Waals surface area contributed by atoms with Crippen molar-refractivity contribution in [2.24, 2.45) is 4.99 Å². The van der Waals surface area contributed by atoms with Gasteiger partial charge in [-0.1, -0.05) is 0 Å². The van der Waals surface area contributed by atoms with E-state index in [1.807, 2.05) is 0 Å². The van der Waals surface area contributed by atoms with E-state index in [0.717, 1.165) is 58.3 Å². The van der Waals surface area contributed by atoms with Gasteiger partial charge in [0, 0.05) is 58.5 Å². The highest BCUT2D eigenvalue weighted by atomic mass is 16.5. The van der Waals surface area contributed by atoms with Gasteiger partial charge in [0.1, 0.15) is 0 Å². The Balaban J connectivity index is 4.18. The van der Waals surface area contributed by atoms with Crippen molar-refractivity contribution in [3.63, 3.8) is 0 Å². The highest BCUT2D eigenvalue weighted by Crippen LogP contribution is 2.03. The third-order valence-corrected chi connectivity index (χ3v) is 3.97. The molecule has 6 heteroatoms. The Bertz CT molecular complexity index is 313. The highest BCUT2D eigenvalue weighted by molar-refractivity contribution is 5.79. The minimum absolute atomic E-state index is 0.552. The number of guanidine groups is 1. The Morgan fingerprint density at radius 2 is 1.71 bits per heavy atom. The summed E-state index contributed by atoms with van der Waals surface area (Å²) >= 11 is 0. The molecule has 144 valence electrons. The first-order valence-electron chi connectivity index (χ1n) is 9.37. The lowest BCUT2D eigenvalue weighted by atomic mass is 10.2. The van der Waals surface area contributed by atoms with Crippen molar-refractivity contribution in [3.8, 4) is 0 Å². The van der Waals surface area contributed by atoms with E-state index in [0.29, 0.717) is 12.1 Å². The molecule has 0 aromatic rings. The summed E-state index contributed by atoms with van der Waals surface area (Å²) < 4.78 is 5.09. The number of aliphatic imine (C=N–C) groups is 1. The maximum atomic E-state index is 5.09. The topological polar surface area (TPSA) is 52.1 Å². The van der Waals surface area contributed by atoms with Crippen LogP contribution in [0.25, 0.3) is 0 Å². The van der Waals surface area contributed by atoms with Gasteiger partial charge in [-0.05, 0) is 48.1 Å². The third kappa shape index (κ3) is 11.6. The van der Waals surface area contributed by atoms with Crippen LogP contribution in [-0.4, -0.2) is 87.9 Å². The second-order valence-electron chi connectivity index (χ2n) is 6.76. The molecule has 0 aromatic heterocycles. The molecule has 0 amide bonds. The maximum absolute atomic E-state index is 5.09. The molecule has 0 unspecified atom stereocenters. The van der Waals surface area contributed by atoms with Crippen LogP contribution in [0.1, 0.15) is 41.0 Å². The fourth-order valence-corrected chi connectivity index (χ4v) is 2.69. The summed E-state index contributed by atoms with van der Waals surface area (Å²) in [7, 11) is 3.89. The van der Waals surface area contributed by atoms with E-state index in [9.17, 15) is 0 Å². The van der Waals surface area contributed by atoms with E-state index in [1.54, 1.807) is 7.11 Å². The van der Waals surface area contributed by atoms with Crippen LogP contribution in [0.2, 0.25) is 0 Å². The number of hydrogen-bond donors (Lipinski definition) is 2. The predicted octanol–water partition coefficient (Wildman–Crippen LogP) is 1.63. The molecule has 0 heterocycles. The lowest BCUT2D eigenvalue weighted by Crippen LogP contribution is -2.42. The first-order chi connectivity index (χ1) is 11.4. The van der Waals surface area contributed by atoms with Gasteiger partial charge in [0.2, 0.25) is 0 Å². The molecule has 0 saturated carbocycles. The molecule has 0 saturated heterocycles. The van der Waals surface area contributed by atoms with Gasteiger partial charge in [0.05, 0.1) is 6.54 Å². The maximum Gasteiger partial charge on any atom is 0.191 e. The van der Waals surface area contributed by atoms with Crippen LogP contribution in [0.5, 0.6) is 0 Å². The van der Waals surface area contributed by atoms with Gasteiger partial charge in [-0.15, -0.1) is 0 Å². The summed E-state index contributed by atoms with van der Waals surface area (Å²) in [6, 6.07) is 1.10. The van der Waals surface area contributed by atoms with Crippen molar-refractivity contribution in [3.05, 3.63) is 0 Å². The molecule has 0 radical (unpaired) electrons. The minimum atomic E-state index is 0.552. The summed E-state index contributed by atoms with van der Waals surface area (Å²) in [6.07, 6.45) is 1.07. The van der Waals surface area contributed by atoms with Crippen LogP contribution in [-0.2, 0) is 4.74 Å². The lowest BCUT2D eigenvalue weighted by molar-refractivity contribution is 0.179. The monoisotopic (exact) mass is 343 g/mol. The molecule has 0 atom stereocenters. The second-order valence-corrected chi connectivity index (χ2v) is 6.76. The first-order valence-corrected chi connectivity index (χ1v) is 9.37. The zero-order chi connectivity index (χ0) is 18.4. The SMILES string of the molecule is CCNC(=NCCN(C(C)C)C(C)C)NCCN(C)CCCOC. The van der Waals surface area contributed by atoms with Crippen LogP contribution in [0.15, 0.2) is 4.99 Å². The summed E-state index contributed by atoms with van der Waals surface area (Å²) in [4.78, 5) is 9.49. The predicted molar refractivity (Wildman–Crippen MR) is 105 cm³/mol. The standard InChI is InChI=1S/C18H41N5O/c1-8-19-18(20-10-13-22(6)12-9-15-24-7)21-11-14-23(16(2)3)17(4)5/h16-17H,8-15H2,1-7H3,(H2,19,20,21). The molecule has 0 rings (SSSR count). The van der Waals surface area contributed by atoms with Gasteiger partial charge in [0.15, 0.2) is 5.96 Å². The smallest absolute Gasteiger partial charge is 0.191 e. The minimum Gasteiger partial charge on any atom is -0.385 e. The zero-order valence-electron chi connectivity index (χ0n) is 17.1. The third-order valence-electron chi connectivity index (χ3n) is 3.97. The highest BCUT2D eigenvalue weighted by Gasteiger charge is 2.12. The molecule has 24 heavy (non-hydrogen) atoms. The fraction of sp³-hybridized carbons (Fsp3) is 0.944. The Kier molecular flexibility index (Phi) is 14.0. The van der Waals surface area contributed by atoms with E-state index in [-0.39, 0.29) is 0 Å². The normalized spacial score (nSPS) is 12.7. The average molecular weight is 344 g/mol. The average Bonchev–Trinajstić information content (AvgIpc) is 2.50. The Hall–Kier alpha value is -0.850. The summed E-state index contributed by atoms with van der Waals surface area (Å²) in [5.74, 6) is 0.912. The van der Waals surface area contributed by atoms with Crippen molar-refractivity contribution in [1.82, 2.24) is 20.4 Å². The number of hydrogen-bond acceptors (Lipinski definition) is 4. The number of rotatable bonds is 13. The van der Waals surface area contributed by atoms with E-state index in [2.05, 4.69) is 62.1 Å². The number of nitrogens with zero attached hydrogens (tertiary/aromatic N) is 3. The molecular weight excluding hydrogens is 302 g/mol. The van der Waals surface area contributed by atoms with Gasteiger partial charge in [-0.2, -0.15) is 0 Å². The molecular formula is C18H41N5O. The summed E-state index contributed by atoms with van der Waals surface area (Å²) in [5.41, 5.74) is 0. The molecule has 0 fully saturated rings. The summed E-state index contributed by atoms with van der Waals surface area (Å²) in [6.45, 7) is 17.5. The van der Waals surface area contributed by atoms with Crippen LogP contribution >= 0.6 is 0 Å². The fourth-order valence-electron chi connectivity index (χ4n) is 2.69. The molecule has 2 N–H and O–H groups in total. The largest absolute Gasteiger partial charge is 0.385 e. The van der Waals surface area contributed by atoms with Crippen LogP contribution in [0.3, 0.4) is 0 Å². The van der Waals surface area contributed by atoms with Gasteiger partial charge < -0.3 is 20.3 Å². The van der Waals surface area contributed by atoms with Crippen LogP contribution in [0.4, 0.5) is 0 Å². The van der Waals surface area contributed by atoms with Crippen LogP contribution in [0, 0.1) is 0 Å². The van der Waals surface area contributed by atoms with Crippen molar-refractivity contribution in [2.75, 3.05) is 60.0 Å². The molecule has 0 spiro atoms. The molecule has 0 bridgehead atoms. The van der Waals surface area contributed by atoms with Crippen molar-refractivity contribution < 1.29 is 4.74 Å². The molecule has 0 aliphatic heterocycles. The number of nitrogens with one attached hydrogen (secondary N) is 2. The molecule has 0 aliphatic rings. The molecule has 6 nitrogen and oxygen atoms in total. The van der Waals surface area contributed by atoms with E-state index in [4.69, 9.17) is 9.73 Å². The number of ether oxygens (including phenoxy) is 1. The summed E-state index contributed by atoms with van der Waals surface area (Å²) in [5, 5.41) is 6.74. The quantitative estimate of drug-likeness (QED) is 0.302. The molecule has 0 aliphatic carbocycles. The first kappa shape index (κ1) is 23.1. The number of likely N-dealkylation sites (N-methyl/N-ethyl adjacent to an activating group) is 1. The second kappa shape index (κ2) is 14.5. The van der Waals surface area contributed by atoms with Crippen molar-refractivity contribution >= 4 is 5.96 Å². The van der Waals surface area contributed by atoms with Crippen molar-refractivity contribution in [1.29, 1.82) is 0 Å². The lowest BCUT2D eigenvalue weighted by Gasteiger charge is -2.29. The zero-order valence-corrected chi connectivity index (χ0v) is 17.1.